The molecule has 0 bridgehead atoms. The lowest BCUT2D eigenvalue weighted by Gasteiger charge is -2.44. The van der Waals surface area contributed by atoms with Crippen LogP contribution in [0.15, 0.2) is 24.3 Å². The Morgan fingerprint density at radius 3 is 2.50 bits per heavy atom. The minimum absolute atomic E-state index is 0.101. The average Bonchev–Trinajstić information content (AvgIpc) is 2.80. The first-order chi connectivity index (χ1) is 16.2. The van der Waals surface area contributed by atoms with Gasteiger partial charge in [-0.1, -0.05) is 56.4 Å². The Balaban J connectivity index is 1.97. The Morgan fingerprint density at radius 1 is 1.15 bits per heavy atom. The monoisotopic (exact) mass is 474 g/mol. The number of amides is 1. The van der Waals surface area contributed by atoms with Gasteiger partial charge in [0.2, 0.25) is 0 Å². The number of carbonyl (C=O) groups excluding carboxylic acids is 1. The van der Waals surface area contributed by atoms with Crippen molar-refractivity contribution in [2.75, 3.05) is 33.8 Å². The molecule has 0 radical (unpaired) electrons. The number of aliphatic carboxylic acids is 1. The summed E-state index contributed by atoms with van der Waals surface area (Å²) in [5, 5.41) is 25.1. The summed E-state index contributed by atoms with van der Waals surface area (Å²) in [4.78, 5) is 26.9. The van der Waals surface area contributed by atoms with E-state index in [0.717, 1.165) is 63.5 Å². The van der Waals surface area contributed by atoms with E-state index in [2.05, 4.69) is 10.2 Å². The second-order valence-corrected chi connectivity index (χ2v) is 10.5. The fraction of sp³-hybridized carbons (Fsp3) is 0.704. The van der Waals surface area contributed by atoms with Crippen molar-refractivity contribution in [3.8, 4) is 0 Å². The van der Waals surface area contributed by atoms with E-state index in [0.29, 0.717) is 12.0 Å². The summed E-state index contributed by atoms with van der Waals surface area (Å²) in [5.74, 6) is -1.55. The van der Waals surface area contributed by atoms with Gasteiger partial charge in [0.05, 0.1) is 18.1 Å². The van der Waals surface area contributed by atoms with E-state index in [1.54, 1.807) is 6.92 Å². The standard InChI is InChI=1S/C27H42N2O5/c1-4-34-25(32)28-19-26(14-7-5-8-15-26)23(24(30)31)20-11-10-13-21(17-20)27(33)16-9-6-12-22(27)18-29(2)3/h10-11,13,17,22-23,33H,4-9,12,14-16,18-19H2,1-3H3,(H,28,32)(H,30,31). The SMILES string of the molecule is CCOC(=O)NCC1(C(C(=O)O)c2cccc(C3(O)CCCCC3CN(C)C)c2)CCCCC1. The van der Waals surface area contributed by atoms with Gasteiger partial charge in [0.15, 0.2) is 0 Å². The van der Waals surface area contributed by atoms with Crippen LogP contribution >= 0.6 is 0 Å². The van der Waals surface area contributed by atoms with E-state index >= 15 is 0 Å². The maximum atomic E-state index is 12.7. The van der Waals surface area contributed by atoms with Gasteiger partial charge >= 0.3 is 12.1 Å². The van der Waals surface area contributed by atoms with Crippen LogP contribution in [-0.4, -0.2) is 61.0 Å². The highest BCUT2D eigenvalue weighted by Gasteiger charge is 2.46. The van der Waals surface area contributed by atoms with Crippen LogP contribution < -0.4 is 5.32 Å². The van der Waals surface area contributed by atoms with Gasteiger partial charge in [0.1, 0.15) is 0 Å². The number of nitrogens with one attached hydrogen (secondary N) is 1. The van der Waals surface area contributed by atoms with Crippen LogP contribution in [0.25, 0.3) is 0 Å². The number of aliphatic hydroxyl groups is 1. The van der Waals surface area contributed by atoms with Crippen LogP contribution in [0, 0.1) is 11.3 Å². The molecule has 1 aromatic carbocycles. The number of ether oxygens (including phenoxy) is 1. The number of carboxylic acid groups (broad SMARTS) is 1. The Hall–Kier alpha value is -2.12. The maximum absolute atomic E-state index is 12.7. The van der Waals surface area contributed by atoms with E-state index in [-0.39, 0.29) is 19.1 Å². The molecule has 2 aliphatic carbocycles. The quantitative estimate of drug-likeness (QED) is 0.488. The van der Waals surface area contributed by atoms with Gasteiger partial charge < -0.3 is 25.2 Å². The fourth-order valence-electron chi connectivity index (χ4n) is 6.29. The average molecular weight is 475 g/mol. The lowest BCUT2D eigenvalue weighted by Crippen LogP contribution is -2.46. The van der Waals surface area contributed by atoms with Crippen LogP contribution in [0.2, 0.25) is 0 Å². The highest BCUT2D eigenvalue weighted by molar-refractivity contribution is 5.78. The first-order valence-electron chi connectivity index (χ1n) is 12.8. The smallest absolute Gasteiger partial charge is 0.407 e. The van der Waals surface area contributed by atoms with E-state index in [4.69, 9.17) is 4.74 Å². The van der Waals surface area contributed by atoms with E-state index in [1.165, 1.54) is 0 Å². The zero-order valence-corrected chi connectivity index (χ0v) is 21.0. The number of nitrogens with zero attached hydrogens (tertiary/aromatic N) is 1. The lowest BCUT2D eigenvalue weighted by atomic mass is 9.63. The van der Waals surface area contributed by atoms with Gasteiger partial charge in [-0.05, 0) is 57.8 Å². The Bertz CT molecular complexity index is 836. The predicted molar refractivity (Wildman–Crippen MR) is 132 cm³/mol. The topological polar surface area (TPSA) is 99.1 Å². The molecule has 0 heterocycles. The third-order valence-electron chi connectivity index (χ3n) is 7.91. The number of alkyl carbamates (subject to hydrolysis) is 1. The van der Waals surface area contributed by atoms with Gasteiger partial charge in [-0.3, -0.25) is 4.79 Å². The third kappa shape index (κ3) is 5.92. The van der Waals surface area contributed by atoms with Crippen molar-refractivity contribution in [2.24, 2.45) is 11.3 Å². The molecule has 7 heteroatoms. The largest absolute Gasteiger partial charge is 0.481 e. The molecule has 34 heavy (non-hydrogen) atoms. The molecule has 1 aromatic rings. The summed E-state index contributed by atoms with van der Waals surface area (Å²) in [5.41, 5.74) is -0.0367. The van der Waals surface area contributed by atoms with Crippen LogP contribution in [0.3, 0.4) is 0 Å². The van der Waals surface area contributed by atoms with E-state index < -0.39 is 29.0 Å². The molecule has 0 spiro atoms. The summed E-state index contributed by atoms with van der Waals surface area (Å²) >= 11 is 0. The third-order valence-corrected chi connectivity index (χ3v) is 7.91. The van der Waals surface area contributed by atoms with Gasteiger partial charge in [-0.15, -0.1) is 0 Å². The number of hydrogen-bond acceptors (Lipinski definition) is 5. The Morgan fingerprint density at radius 2 is 1.85 bits per heavy atom. The molecule has 2 saturated carbocycles. The molecule has 7 nitrogen and oxygen atoms in total. The van der Waals surface area contributed by atoms with Crippen LogP contribution in [0.4, 0.5) is 4.79 Å². The molecule has 3 atom stereocenters. The number of benzene rings is 1. The molecule has 0 aliphatic heterocycles. The normalized spacial score (nSPS) is 25.5. The molecule has 3 unspecified atom stereocenters. The van der Waals surface area contributed by atoms with Gasteiger partial charge in [-0.2, -0.15) is 0 Å². The van der Waals surface area contributed by atoms with Crippen molar-refractivity contribution in [3.05, 3.63) is 35.4 Å². The molecule has 2 aliphatic rings. The number of hydrogen-bond donors (Lipinski definition) is 3. The molecule has 0 saturated heterocycles. The highest BCUT2D eigenvalue weighted by Crippen LogP contribution is 2.49. The minimum Gasteiger partial charge on any atom is -0.481 e. The van der Waals surface area contributed by atoms with Crippen LogP contribution in [-0.2, 0) is 15.1 Å². The summed E-state index contributed by atoms with van der Waals surface area (Å²) in [7, 11) is 4.05. The number of rotatable bonds is 9. The first kappa shape index (κ1) is 26.5. The Labute approximate surface area is 203 Å². The summed E-state index contributed by atoms with van der Waals surface area (Å²) in [6, 6.07) is 7.62. The van der Waals surface area contributed by atoms with Crippen molar-refractivity contribution in [1.29, 1.82) is 0 Å². The minimum atomic E-state index is -0.968. The summed E-state index contributed by atoms with van der Waals surface area (Å²) in [6.07, 6.45) is 7.58. The molecular formula is C27H42N2O5. The molecule has 1 amide bonds. The summed E-state index contributed by atoms with van der Waals surface area (Å²) in [6.45, 7) is 3.08. The van der Waals surface area contributed by atoms with Crippen molar-refractivity contribution in [3.63, 3.8) is 0 Å². The zero-order valence-electron chi connectivity index (χ0n) is 21.0. The van der Waals surface area contributed by atoms with Crippen molar-refractivity contribution in [2.45, 2.75) is 76.2 Å². The van der Waals surface area contributed by atoms with Gasteiger partial charge in [0, 0.05) is 24.4 Å². The van der Waals surface area contributed by atoms with Crippen LogP contribution in [0.5, 0.6) is 0 Å². The van der Waals surface area contributed by atoms with Crippen molar-refractivity contribution >= 4 is 12.1 Å². The Kier molecular flexibility index (Phi) is 8.99. The molecule has 3 rings (SSSR count). The zero-order chi connectivity index (χ0) is 24.8. The number of carboxylic acids is 1. The molecule has 0 aromatic heterocycles. The second kappa shape index (κ2) is 11.5. The molecule has 3 N–H and O–H groups in total. The highest BCUT2D eigenvalue weighted by atomic mass is 16.5. The maximum Gasteiger partial charge on any atom is 0.407 e. The predicted octanol–water partition coefficient (Wildman–Crippen LogP) is 4.49. The van der Waals surface area contributed by atoms with E-state index in [9.17, 15) is 19.8 Å². The van der Waals surface area contributed by atoms with Gasteiger partial charge in [-0.25, -0.2) is 4.79 Å². The van der Waals surface area contributed by atoms with Crippen LogP contribution in [0.1, 0.15) is 81.8 Å². The van der Waals surface area contributed by atoms with Gasteiger partial charge in [0.25, 0.3) is 0 Å². The van der Waals surface area contributed by atoms with E-state index in [1.807, 2.05) is 38.4 Å². The molecule has 2 fully saturated rings. The number of carbonyl (C=O) groups is 2. The molecular weight excluding hydrogens is 432 g/mol. The van der Waals surface area contributed by atoms with Crippen molar-refractivity contribution < 1.29 is 24.5 Å². The summed E-state index contributed by atoms with van der Waals surface area (Å²) < 4.78 is 5.04. The first-order valence-corrected chi connectivity index (χ1v) is 12.8. The van der Waals surface area contributed by atoms with Crippen molar-refractivity contribution in [1.82, 2.24) is 10.2 Å². The molecule has 190 valence electrons. The second-order valence-electron chi connectivity index (χ2n) is 10.5. The fourth-order valence-corrected chi connectivity index (χ4v) is 6.29. The lowest BCUT2D eigenvalue weighted by molar-refractivity contribution is -0.143.